The average Bonchev–Trinajstić information content (AvgIpc) is 2.77. The second-order valence-corrected chi connectivity index (χ2v) is 7.97. The molecule has 0 fully saturated rings. The lowest BCUT2D eigenvalue weighted by molar-refractivity contribution is -0.137. The molecule has 0 aliphatic carbocycles. The van der Waals surface area contributed by atoms with E-state index in [4.69, 9.17) is 0 Å². The predicted octanol–water partition coefficient (Wildman–Crippen LogP) is 6.23. The van der Waals surface area contributed by atoms with Gasteiger partial charge in [-0.2, -0.15) is 13.2 Å². The summed E-state index contributed by atoms with van der Waals surface area (Å²) in [5, 5.41) is 2.83. The van der Waals surface area contributed by atoms with Crippen LogP contribution in [0.25, 0.3) is 0 Å². The minimum Gasteiger partial charge on any atom is -0.336 e. The van der Waals surface area contributed by atoms with Crippen molar-refractivity contribution in [3.63, 3.8) is 0 Å². The zero-order chi connectivity index (χ0) is 23.8. The summed E-state index contributed by atoms with van der Waals surface area (Å²) in [6.07, 6.45) is -4.44. The topological polar surface area (TPSA) is 32.3 Å². The number of alkyl halides is 3. The summed E-state index contributed by atoms with van der Waals surface area (Å²) in [6.45, 7) is 3.94. The van der Waals surface area contributed by atoms with Crippen molar-refractivity contribution in [1.29, 1.82) is 0 Å². The van der Waals surface area contributed by atoms with Crippen LogP contribution in [0.3, 0.4) is 0 Å². The number of hydrogen-bond acceptors (Lipinski definition) is 1. The molecule has 3 aromatic rings. The number of hydrogen-bond donors (Lipinski definition) is 1. The summed E-state index contributed by atoms with van der Waals surface area (Å²) in [5.41, 5.74) is 2.19. The SMILES string of the molecule is CC(C)NC(=O)N(Cc1cccc(C#Cc2ccccc2)c1)Cc1cccc(C(F)(F)F)c1. The molecule has 0 aliphatic rings. The van der Waals surface area contributed by atoms with E-state index in [1.54, 1.807) is 6.07 Å². The minimum absolute atomic E-state index is 0.0440. The van der Waals surface area contributed by atoms with Crippen molar-refractivity contribution in [1.82, 2.24) is 10.2 Å². The van der Waals surface area contributed by atoms with Crippen LogP contribution in [0.1, 0.15) is 41.7 Å². The summed E-state index contributed by atoms with van der Waals surface area (Å²) < 4.78 is 39.3. The molecule has 0 radical (unpaired) electrons. The Morgan fingerprint density at radius 2 is 1.42 bits per heavy atom. The molecule has 0 spiro atoms. The Labute approximate surface area is 192 Å². The van der Waals surface area contributed by atoms with Crippen molar-refractivity contribution in [2.24, 2.45) is 0 Å². The standard InChI is InChI=1S/C27H25F3N2O/c1-20(2)31-26(33)32(19-24-12-7-13-25(17-24)27(28,29)30)18-23-11-6-10-22(16-23)15-14-21-8-4-3-5-9-21/h3-13,16-17,20H,18-19H2,1-2H3,(H,31,33). The van der Waals surface area contributed by atoms with Gasteiger partial charge < -0.3 is 10.2 Å². The smallest absolute Gasteiger partial charge is 0.336 e. The fourth-order valence-corrected chi connectivity index (χ4v) is 3.24. The zero-order valence-corrected chi connectivity index (χ0v) is 18.5. The molecule has 1 N–H and O–H groups in total. The Morgan fingerprint density at radius 1 is 0.848 bits per heavy atom. The van der Waals surface area contributed by atoms with Crippen LogP contribution < -0.4 is 5.32 Å². The number of carbonyl (C=O) groups is 1. The summed E-state index contributed by atoms with van der Waals surface area (Å²) in [4.78, 5) is 14.3. The van der Waals surface area contributed by atoms with Crippen LogP contribution in [0.15, 0.2) is 78.9 Å². The zero-order valence-electron chi connectivity index (χ0n) is 18.5. The number of urea groups is 1. The van der Waals surface area contributed by atoms with Gasteiger partial charge in [-0.25, -0.2) is 4.79 Å². The van der Waals surface area contributed by atoms with Gasteiger partial charge in [0.25, 0.3) is 0 Å². The van der Waals surface area contributed by atoms with Crippen LogP contribution >= 0.6 is 0 Å². The Kier molecular flexibility index (Phi) is 7.78. The van der Waals surface area contributed by atoms with E-state index in [0.29, 0.717) is 5.56 Å². The summed E-state index contributed by atoms with van der Waals surface area (Å²) in [6, 6.07) is 21.7. The summed E-state index contributed by atoms with van der Waals surface area (Å²) >= 11 is 0. The lowest BCUT2D eigenvalue weighted by Gasteiger charge is -2.25. The highest BCUT2D eigenvalue weighted by molar-refractivity contribution is 5.74. The van der Waals surface area contributed by atoms with Crippen molar-refractivity contribution in [3.05, 3.63) is 107 Å². The number of nitrogens with zero attached hydrogens (tertiary/aromatic N) is 1. The fourth-order valence-electron chi connectivity index (χ4n) is 3.24. The molecule has 170 valence electrons. The number of benzene rings is 3. The average molecular weight is 451 g/mol. The quantitative estimate of drug-likeness (QED) is 0.460. The highest BCUT2D eigenvalue weighted by atomic mass is 19.4. The third-order valence-corrected chi connectivity index (χ3v) is 4.75. The van der Waals surface area contributed by atoms with E-state index < -0.39 is 11.7 Å². The van der Waals surface area contributed by atoms with Gasteiger partial charge >= 0.3 is 12.2 Å². The van der Waals surface area contributed by atoms with Crippen LogP contribution in [0.2, 0.25) is 0 Å². The van der Waals surface area contributed by atoms with Crippen molar-refractivity contribution < 1.29 is 18.0 Å². The van der Waals surface area contributed by atoms with Gasteiger partial charge in [0.15, 0.2) is 0 Å². The molecule has 0 saturated carbocycles. The van der Waals surface area contributed by atoms with Crippen molar-refractivity contribution in [2.45, 2.75) is 39.2 Å². The van der Waals surface area contributed by atoms with Crippen molar-refractivity contribution >= 4 is 6.03 Å². The molecule has 3 aromatic carbocycles. The number of rotatable bonds is 5. The fraction of sp³-hybridized carbons (Fsp3) is 0.222. The monoisotopic (exact) mass is 450 g/mol. The van der Waals surface area contributed by atoms with Crippen LogP contribution in [0, 0.1) is 11.8 Å². The molecule has 3 rings (SSSR count). The second-order valence-electron chi connectivity index (χ2n) is 7.97. The Bertz CT molecular complexity index is 1150. The van der Waals surface area contributed by atoms with Gasteiger partial charge in [-0.15, -0.1) is 0 Å². The third-order valence-electron chi connectivity index (χ3n) is 4.75. The first kappa shape index (κ1) is 23.9. The van der Waals surface area contributed by atoms with E-state index >= 15 is 0 Å². The molecule has 2 amide bonds. The van der Waals surface area contributed by atoms with Gasteiger partial charge in [0.05, 0.1) is 5.56 Å². The molecule has 33 heavy (non-hydrogen) atoms. The van der Waals surface area contributed by atoms with Gasteiger partial charge in [0.1, 0.15) is 0 Å². The van der Waals surface area contributed by atoms with Gasteiger partial charge in [-0.1, -0.05) is 54.3 Å². The molecule has 0 saturated heterocycles. The number of amides is 2. The molecule has 0 heterocycles. The third kappa shape index (κ3) is 7.43. The first-order chi connectivity index (χ1) is 15.7. The normalized spacial score (nSPS) is 11.0. The van der Waals surface area contributed by atoms with E-state index in [1.165, 1.54) is 11.0 Å². The molecule has 0 aromatic heterocycles. The molecule has 0 aliphatic heterocycles. The maximum Gasteiger partial charge on any atom is 0.416 e. The van der Waals surface area contributed by atoms with E-state index in [9.17, 15) is 18.0 Å². The molecule has 0 atom stereocenters. The maximum atomic E-state index is 13.1. The van der Waals surface area contributed by atoms with Crippen molar-refractivity contribution in [2.75, 3.05) is 0 Å². The lowest BCUT2D eigenvalue weighted by atomic mass is 10.1. The number of halogens is 3. The molecule has 0 bridgehead atoms. The number of carbonyl (C=O) groups excluding carboxylic acids is 1. The van der Waals surface area contributed by atoms with Crippen LogP contribution in [-0.2, 0) is 19.3 Å². The van der Waals surface area contributed by atoms with Crippen molar-refractivity contribution in [3.8, 4) is 11.8 Å². The molecular weight excluding hydrogens is 425 g/mol. The first-order valence-corrected chi connectivity index (χ1v) is 10.6. The highest BCUT2D eigenvalue weighted by Crippen LogP contribution is 2.30. The van der Waals surface area contributed by atoms with E-state index in [-0.39, 0.29) is 25.2 Å². The van der Waals surface area contributed by atoms with Gasteiger partial charge in [0, 0.05) is 30.3 Å². The molecule has 3 nitrogen and oxygen atoms in total. The molecule has 0 unspecified atom stereocenters. The maximum absolute atomic E-state index is 13.1. The van der Waals surface area contributed by atoms with Crippen LogP contribution in [-0.4, -0.2) is 17.0 Å². The minimum atomic E-state index is -4.44. The molecular formula is C27H25F3N2O. The van der Waals surface area contributed by atoms with E-state index in [1.807, 2.05) is 68.4 Å². The van der Waals surface area contributed by atoms with E-state index in [0.717, 1.165) is 28.8 Å². The van der Waals surface area contributed by atoms with Crippen LogP contribution in [0.5, 0.6) is 0 Å². The van der Waals surface area contributed by atoms with E-state index in [2.05, 4.69) is 17.2 Å². The largest absolute Gasteiger partial charge is 0.416 e. The Balaban J connectivity index is 1.83. The highest BCUT2D eigenvalue weighted by Gasteiger charge is 2.30. The number of nitrogens with one attached hydrogen (secondary N) is 1. The predicted molar refractivity (Wildman–Crippen MR) is 123 cm³/mol. The van der Waals surface area contributed by atoms with Gasteiger partial charge in [-0.05, 0) is 61.4 Å². The first-order valence-electron chi connectivity index (χ1n) is 10.6. The summed E-state index contributed by atoms with van der Waals surface area (Å²) in [7, 11) is 0. The summed E-state index contributed by atoms with van der Waals surface area (Å²) in [5.74, 6) is 6.22. The Morgan fingerprint density at radius 3 is 2.06 bits per heavy atom. The second kappa shape index (κ2) is 10.7. The Hall–Kier alpha value is -3.72. The van der Waals surface area contributed by atoms with Gasteiger partial charge in [0.2, 0.25) is 0 Å². The molecule has 6 heteroatoms. The van der Waals surface area contributed by atoms with Crippen LogP contribution in [0.4, 0.5) is 18.0 Å². The van der Waals surface area contributed by atoms with Gasteiger partial charge in [-0.3, -0.25) is 0 Å². The lowest BCUT2D eigenvalue weighted by Crippen LogP contribution is -2.42.